The van der Waals surface area contributed by atoms with Gasteiger partial charge in [-0.25, -0.2) is 18.2 Å². The van der Waals surface area contributed by atoms with Crippen LogP contribution in [0.1, 0.15) is 19.3 Å². The van der Waals surface area contributed by atoms with E-state index in [0.717, 1.165) is 0 Å². The van der Waals surface area contributed by atoms with Crippen LogP contribution in [0.2, 0.25) is 5.02 Å². The van der Waals surface area contributed by atoms with Crippen molar-refractivity contribution in [3.8, 4) is 5.75 Å². The van der Waals surface area contributed by atoms with Crippen LogP contribution in [-0.4, -0.2) is 63.6 Å². The summed E-state index contributed by atoms with van der Waals surface area (Å²) in [5.74, 6) is -3.03. The van der Waals surface area contributed by atoms with E-state index in [4.69, 9.17) is 16.3 Å². The molecule has 3 N–H and O–H groups in total. The standard InChI is InChI=1S/C25H26ClF3N6O3/c1-34-18-5-4-14(31-22-17(26)8-30-24(33-22)35-9-13(27)6-15(36)10-35)7-16(18)19-20(23(34)37)38-11-25(28,29)21(32-19)12-2-3-12/h4-5,7-8,12-13,15,21,32,36H,2-3,6,9-11H2,1H3,(H,30,31,33)/t13-,15+,21?/m1/s1. The molecule has 6 rings (SSSR count). The Bertz CT molecular complexity index is 1460. The Morgan fingerprint density at radius 2 is 2.08 bits per heavy atom. The van der Waals surface area contributed by atoms with Gasteiger partial charge in [0, 0.05) is 31.1 Å². The largest absolute Gasteiger partial charge is 0.480 e. The van der Waals surface area contributed by atoms with E-state index >= 15 is 0 Å². The molecule has 2 aromatic heterocycles. The molecule has 0 amide bonds. The Balaban J connectivity index is 1.38. The topological polar surface area (TPSA) is 105 Å². The van der Waals surface area contributed by atoms with Crippen molar-refractivity contribution >= 4 is 45.6 Å². The smallest absolute Gasteiger partial charge is 0.301 e. The van der Waals surface area contributed by atoms with Gasteiger partial charge in [-0.1, -0.05) is 11.6 Å². The van der Waals surface area contributed by atoms with Crippen molar-refractivity contribution < 1.29 is 23.0 Å². The van der Waals surface area contributed by atoms with Crippen molar-refractivity contribution in [2.45, 2.75) is 43.5 Å². The number of piperidine rings is 1. The molecule has 1 aromatic carbocycles. The highest BCUT2D eigenvalue weighted by Gasteiger charge is 2.51. The number of benzene rings is 1. The lowest BCUT2D eigenvalue weighted by Gasteiger charge is -2.32. The maximum atomic E-state index is 14.9. The fraction of sp³-hybridized carbons (Fsp3) is 0.480. The molecule has 1 saturated heterocycles. The van der Waals surface area contributed by atoms with Gasteiger partial charge in [-0.3, -0.25) is 4.79 Å². The van der Waals surface area contributed by atoms with Gasteiger partial charge in [-0.2, -0.15) is 4.98 Å². The second kappa shape index (κ2) is 9.19. The van der Waals surface area contributed by atoms with E-state index in [1.165, 1.54) is 10.8 Å². The summed E-state index contributed by atoms with van der Waals surface area (Å²) < 4.78 is 50.6. The number of aryl methyl sites for hydroxylation is 1. The molecule has 0 spiro atoms. The van der Waals surface area contributed by atoms with Crippen molar-refractivity contribution in [2.75, 3.05) is 35.2 Å². The molecule has 3 atom stereocenters. The number of hydrogen-bond donors (Lipinski definition) is 3. The number of β-amino-alcohol motifs (C(OH)–C–C–N with tert-alkyl or cyclic N) is 1. The van der Waals surface area contributed by atoms with E-state index in [1.807, 2.05) is 0 Å². The number of aliphatic hydroxyl groups excluding tert-OH is 1. The highest BCUT2D eigenvalue weighted by molar-refractivity contribution is 6.32. The zero-order valence-electron chi connectivity index (χ0n) is 20.4. The van der Waals surface area contributed by atoms with Gasteiger partial charge in [0.1, 0.15) is 11.2 Å². The third-order valence-corrected chi connectivity index (χ3v) is 7.54. The third kappa shape index (κ3) is 4.49. The number of pyridine rings is 1. The minimum Gasteiger partial charge on any atom is -0.480 e. The molecule has 38 heavy (non-hydrogen) atoms. The summed E-state index contributed by atoms with van der Waals surface area (Å²) in [7, 11) is 1.56. The van der Waals surface area contributed by atoms with E-state index in [1.54, 1.807) is 30.1 Å². The lowest BCUT2D eigenvalue weighted by molar-refractivity contribution is -0.0579. The molecule has 3 aliphatic rings. The quantitative estimate of drug-likeness (QED) is 0.450. The highest BCUT2D eigenvalue weighted by atomic mass is 35.5. The fourth-order valence-corrected chi connectivity index (χ4v) is 5.33. The Hall–Kier alpha value is -3.25. The SMILES string of the molecule is Cn1c(=O)c2c(c3cc(Nc4nc(N5C[C@@H](O)C[C@@H](F)C5)ncc4Cl)ccc31)NC(C1CC1)C(F)(F)CO2. The molecular formula is C25H26ClF3N6O3. The zero-order valence-corrected chi connectivity index (χ0v) is 21.2. The first-order valence-corrected chi connectivity index (χ1v) is 12.8. The van der Waals surface area contributed by atoms with Gasteiger partial charge in [-0.15, -0.1) is 0 Å². The molecule has 0 radical (unpaired) electrons. The number of anilines is 4. The fourth-order valence-electron chi connectivity index (χ4n) is 5.20. The van der Waals surface area contributed by atoms with Crippen LogP contribution in [0.3, 0.4) is 0 Å². The number of nitrogens with one attached hydrogen (secondary N) is 2. The molecule has 9 nitrogen and oxygen atoms in total. The first-order chi connectivity index (χ1) is 18.1. The van der Waals surface area contributed by atoms with Crippen molar-refractivity contribution in [3.05, 3.63) is 39.8 Å². The van der Waals surface area contributed by atoms with Crippen LogP contribution in [0.25, 0.3) is 10.9 Å². The molecule has 13 heteroatoms. The first-order valence-electron chi connectivity index (χ1n) is 12.4. The average molecular weight is 551 g/mol. The lowest BCUT2D eigenvalue weighted by Crippen LogP contribution is -2.45. The summed E-state index contributed by atoms with van der Waals surface area (Å²) in [5.41, 5.74) is 0.770. The van der Waals surface area contributed by atoms with E-state index < -0.39 is 36.4 Å². The van der Waals surface area contributed by atoms with Crippen LogP contribution in [0.5, 0.6) is 5.75 Å². The van der Waals surface area contributed by atoms with Crippen LogP contribution < -0.4 is 25.8 Å². The van der Waals surface area contributed by atoms with Gasteiger partial charge in [0.2, 0.25) is 11.7 Å². The van der Waals surface area contributed by atoms with Gasteiger partial charge < -0.3 is 29.9 Å². The molecule has 2 fully saturated rings. The molecule has 1 saturated carbocycles. The molecule has 4 heterocycles. The zero-order chi connectivity index (χ0) is 26.8. The third-order valence-electron chi connectivity index (χ3n) is 7.26. The summed E-state index contributed by atoms with van der Waals surface area (Å²) in [6.07, 6.45) is 0.768. The van der Waals surface area contributed by atoms with Crippen molar-refractivity contribution in [1.29, 1.82) is 0 Å². The minimum atomic E-state index is -3.14. The lowest BCUT2D eigenvalue weighted by atomic mass is 10.0. The number of rotatable bonds is 4. The summed E-state index contributed by atoms with van der Waals surface area (Å²) in [6, 6.07) is 3.96. The molecule has 3 aromatic rings. The number of alkyl halides is 3. The van der Waals surface area contributed by atoms with Crippen molar-refractivity contribution in [1.82, 2.24) is 14.5 Å². The number of aliphatic hydroxyl groups is 1. The van der Waals surface area contributed by atoms with Crippen LogP contribution in [-0.2, 0) is 7.05 Å². The molecule has 2 aliphatic heterocycles. The van der Waals surface area contributed by atoms with E-state index in [9.17, 15) is 23.1 Å². The predicted molar refractivity (Wildman–Crippen MR) is 138 cm³/mol. The number of ether oxygens (including phenoxy) is 1. The molecule has 1 aliphatic carbocycles. The monoisotopic (exact) mass is 550 g/mol. The molecule has 202 valence electrons. The van der Waals surface area contributed by atoms with Gasteiger partial charge in [0.25, 0.3) is 5.56 Å². The van der Waals surface area contributed by atoms with Crippen LogP contribution in [0.15, 0.2) is 29.2 Å². The van der Waals surface area contributed by atoms with Gasteiger partial charge in [-0.05, 0) is 37.0 Å². The van der Waals surface area contributed by atoms with Crippen molar-refractivity contribution in [2.24, 2.45) is 13.0 Å². The number of hydrogen-bond acceptors (Lipinski definition) is 8. The van der Waals surface area contributed by atoms with Crippen LogP contribution in [0, 0.1) is 5.92 Å². The summed E-state index contributed by atoms with van der Waals surface area (Å²) in [5, 5.41) is 16.7. The predicted octanol–water partition coefficient (Wildman–Crippen LogP) is 3.85. The van der Waals surface area contributed by atoms with Crippen LogP contribution >= 0.6 is 11.6 Å². The maximum Gasteiger partial charge on any atom is 0.301 e. The van der Waals surface area contributed by atoms with Crippen molar-refractivity contribution in [3.63, 3.8) is 0 Å². The second-order valence-electron chi connectivity index (χ2n) is 10.2. The number of aromatic nitrogens is 3. The Morgan fingerprint density at radius 1 is 1.29 bits per heavy atom. The Kier molecular flexibility index (Phi) is 6.06. The molecular weight excluding hydrogens is 525 g/mol. The molecule has 1 unspecified atom stereocenters. The molecule has 0 bridgehead atoms. The van der Waals surface area contributed by atoms with Gasteiger partial charge in [0.15, 0.2) is 12.4 Å². The van der Waals surface area contributed by atoms with E-state index in [2.05, 4.69) is 20.6 Å². The minimum absolute atomic E-state index is 0.0483. The number of fused-ring (bicyclic) bond motifs is 3. The highest BCUT2D eigenvalue weighted by Crippen LogP contribution is 2.45. The maximum absolute atomic E-state index is 14.9. The number of nitrogens with zero attached hydrogens (tertiary/aromatic N) is 4. The van der Waals surface area contributed by atoms with Crippen LogP contribution in [0.4, 0.5) is 36.3 Å². The first kappa shape index (κ1) is 25.1. The summed E-state index contributed by atoms with van der Waals surface area (Å²) in [6.45, 7) is -0.639. The normalized spacial score (nSPS) is 24.8. The Labute approximate surface area is 220 Å². The van der Waals surface area contributed by atoms with Gasteiger partial charge in [0.05, 0.1) is 36.1 Å². The summed E-state index contributed by atoms with van der Waals surface area (Å²) >= 11 is 6.35. The second-order valence-corrected chi connectivity index (χ2v) is 10.6. The average Bonchev–Trinajstić information content (AvgIpc) is 3.71. The summed E-state index contributed by atoms with van der Waals surface area (Å²) in [4.78, 5) is 23.2. The number of halogens is 4. The van der Waals surface area contributed by atoms with E-state index in [0.29, 0.717) is 29.4 Å². The Morgan fingerprint density at radius 3 is 2.82 bits per heavy atom. The van der Waals surface area contributed by atoms with E-state index in [-0.39, 0.29) is 53.7 Å². The van der Waals surface area contributed by atoms with Gasteiger partial charge >= 0.3 is 5.92 Å².